The minimum atomic E-state index is -4.21. The number of hydrogen-bond acceptors (Lipinski definition) is 5. The van der Waals surface area contributed by atoms with Gasteiger partial charge in [0.1, 0.15) is 6.54 Å². The molecular weight excluding hydrogens is 605 g/mol. The fourth-order valence-electron chi connectivity index (χ4n) is 3.51. The smallest absolute Gasteiger partial charge is 0.264 e. The Morgan fingerprint density at radius 1 is 0.692 bits per heavy atom. The first kappa shape index (κ1) is 28.7. The minimum absolute atomic E-state index is 0.0247. The Kier molecular flexibility index (Phi) is 8.73. The lowest BCUT2D eigenvalue weighted by atomic mass is 10.3. The number of anilines is 3. The van der Waals surface area contributed by atoms with E-state index in [1.54, 1.807) is 36.4 Å². The van der Waals surface area contributed by atoms with Crippen LogP contribution in [0.15, 0.2) is 107 Å². The predicted octanol–water partition coefficient (Wildman–Crippen LogP) is 6.28. The Hall–Kier alpha value is -3.28. The molecule has 0 aliphatic rings. The molecule has 13 heteroatoms. The third-order valence-corrected chi connectivity index (χ3v) is 9.28. The van der Waals surface area contributed by atoms with Crippen molar-refractivity contribution in [1.82, 2.24) is 0 Å². The molecule has 0 saturated heterocycles. The molecule has 0 bridgehead atoms. The van der Waals surface area contributed by atoms with Gasteiger partial charge in [0, 0.05) is 15.7 Å². The van der Waals surface area contributed by atoms with E-state index < -0.39 is 32.5 Å². The van der Waals surface area contributed by atoms with Crippen LogP contribution < -0.4 is 14.3 Å². The van der Waals surface area contributed by atoms with Crippen molar-refractivity contribution >= 4 is 77.8 Å². The van der Waals surface area contributed by atoms with Crippen molar-refractivity contribution in [3.05, 3.63) is 112 Å². The summed E-state index contributed by atoms with van der Waals surface area (Å²) in [5.41, 5.74) is 0.562. The standard InChI is InChI=1S/C26H20Cl3N3O5S2/c27-18-5-4-6-21(15-18)31-38(34,35)22-12-10-20(11-13-22)30-26(33)17-32(25-16-19(28)9-14-24(25)29)39(36,37)23-7-2-1-3-8-23/h1-16,31H,17H2,(H,30,33). The molecule has 0 fully saturated rings. The average Bonchev–Trinajstić information content (AvgIpc) is 2.89. The summed E-state index contributed by atoms with van der Waals surface area (Å²) in [6.45, 7) is -0.631. The fraction of sp³-hybridized carbons (Fsp3) is 0.0385. The average molecular weight is 625 g/mol. The third kappa shape index (κ3) is 7.03. The molecular formula is C26H20Cl3N3O5S2. The monoisotopic (exact) mass is 623 g/mol. The van der Waals surface area contributed by atoms with Crippen molar-refractivity contribution in [2.45, 2.75) is 9.79 Å². The maximum absolute atomic E-state index is 13.5. The van der Waals surface area contributed by atoms with E-state index in [9.17, 15) is 21.6 Å². The molecule has 0 aliphatic heterocycles. The van der Waals surface area contributed by atoms with Gasteiger partial charge in [-0.3, -0.25) is 13.8 Å². The Balaban J connectivity index is 1.55. The highest BCUT2D eigenvalue weighted by Crippen LogP contribution is 2.33. The molecule has 0 spiro atoms. The van der Waals surface area contributed by atoms with Crippen LogP contribution >= 0.6 is 34.8 Å². The number of carbonyl (C=O) groups excluding carboxylic acids is 1. The topological polar surface area (TPSA) is 113 Å². The molecule has 0 aromatic heterocycles. The molecule has 4 aromatic rings. The van der Waals surface area contributed by atoms with Crippen molar-refractivity contribution in [3.8, 4) is 0 Å². The maximum Gasteiger partial charge on any atom is 0.264 e. The van der Waals surface area contributed by atoms with E-state index >= 15 is 0 Å². The number of nitrogens with zero attached hydrogens (tertiary/aromatic N) is 1. The Morgan fingerprint density at radius 2 is 1.36 bits per heavy atom. The molecule has 0 unspecified atom stereocenters. The van der Waals surface area contributed by atoms with Crippen LogP contribution in [0, 0.1) is 0 Å². The van der Waals surface area contributed by atoms with E-state index in [1.165, 1.54) is 60.7 Å². The molecule has 1 amide bonds. The van der Waals surface area contributed by atoms with Crippen molar-refractivity contribution in [3.63, 3.8) is 0 Å². The van der Waals surface area contributed by atoms with Gasteiger partial charge in [0.15, 0.2) is 0 Å². The van der Waals surface area contributed by atoms with Gasteiger partial charge in [0.2, 0.25) is 5.91 Å². The summed E-state index contributed by atoms with van der Waals surface area (Å²) < 4.78 is 55.7. The second-order valence-electron chi connectivity index (χ2n) is 8.11. The molecule has 0 saturated carbocycles. The van der Waals surface area contributed by atoms with Crippen molar-refractivity contribution in [1.29, 1.82) is 0 Å². The minimum Gasteiger partial charge on any atom is -0.325 e. The van der Waals surface area contributed by atoms with Gasteiger partial charge in [-0.05, 0) is 72.8 Å². The van der Waals surface area contributed by atoms with Crippen LogP contribution in [0.2, 0.25) is 15.1 Å². The number of nitrogens with one attached hydrogen (secondary N) is 2. The van der Waals surface area contributed by atoms with Crippen molar-refractivity contribution < 1.29 is 21.6 Å². The molecule has 39 heavy (non-hydrogen) atoms. The molecule has 4 aromatic carbocycles. The normalized spacial score (nSPS) is 11.6. The molecule has 0 aliphatic carbocycles. The van der Waals surface area contributed by atoms with Gasteiger partial charge in [-0.1, -0.05) is 59.1 Å². The number of benzene rings is 4. The number of amides is 1. The quantitative estimate of drug-likeness (QED) is 0.228. The first-order chi connectivity index (χ1) is 18.5. The zero-order valence-corrected chi connectivity index (χ0v) is 23.8. The van der Waals surface area contributed by atoms with Gasteiger partial charge in [-0.2, -0.15) is 0 Å². The molecule has 4 rings (SSSR count). The van der Waals surface area contributed by atoms with Gasteiger partial charge < -0.3 is 5.32 Å². The van der Waals surface area contributed by atoms with E-state index in [2.05, 4.69) is 10.0 Å². The van der Waals surface area contributed by atoms with Crippen LogP contribution in [0.3, 0.4) is 0 Å². The number of rotatable bonds is 9. The lowest BCUT2D eigenvalue weighted by Crippen LogP contribution is -2.38. The number of carbonyl (C=O) groups is 1. The third-order valence-electron chi connectivity index (χ3n) is 5.32. The van der Waals surface area contributed by atoms with E-state index in [0.717, 1.165) is 4.31 Å². The van der Waals surface area contributed by atoms with Gasteiger partial charge in [0.05, 0.1) is 26.2 Å². The summed E-state index contributed by atoms with van der Waals surface area (Å²) in [5, 5.41) is 3.26. The lowest BCUT2D eigenvalue weighted by molar-refractivity contribution is -0.114. The highest BCUT2D eigenvalue weighted by molar-refractivity contribution is 7.93. The highest BCUT2D eigenvalue weighted by atomic mass is 35.5. The van der Waals surface area contributed by atoms with Gasteiger partial charge >= 0.3 is 0 Å². The highest BCUT2D eigenvalue weighted by Gasteiger charge is 2.29. The van der Waals surface area contributed by atoms with Crippen LogP contribution in [-0.4, -0.2) is 29.3 Å². The molecule has 8 nitrogen and oxygen atoms in total. The molecule has 0 radical (unpaired) electrons. The summed E-state index contributed by atoms with van der Waals surface area (Å²) in [7, 11) is -8.13. The van der Waals surface area contributed by atoms with E-state index in [4.69, 9.17) is 34.8 Å². The van der Waals surface area contributed by atoms with Crippen LogP contribution in [0.25, 0.3) is 0 Å². The van der Waals surface area contributed by atoms with E-state index in [0.29, 0.717) is 10.7 Å². The maximum atomic E-state index is 13.5. The second kappa shape index (κ2) is 11.8. The summed E-state index contributed by atoms with van der Waals surface area (Å²) >= 11 is 18.3. The van der Waals surface area contributed by atoms with Gasteiger partial charge in [0.25, 0.3) is 20.0 Å². The Morgan fingerprint density at radius 3 is 2.03 bits per heavy atom. The predicted molar refractivity (Wildman–Crippen MR) is 155 cm³/mol. The molecule has 0 heterocycles. The number of halogens is 3. The van der Waals surface area contributed by atoms with Crippen LogP contribution in [0.1, 0.15) is 0 Å². The Labute approximate surface area is 241 Å². The van der Waals surface area contributed by atoms with Crippen LogP contribution in [-0.2, 0) is 24.8 Å². The molecule has 2 N–H and O–H groups in total. The number of sulfonamides is 2. The second-order valence-corrected chi connectivity index (χ2v) is 12.9. The van der Waals surface area contributed by atoms with E-state index in [-0.39, 0.29) is 31.2 Å². The summed E-state index contributed by atoms with van der Waals surface area (Å²) in [6, 6.07) is 23.5. The summed E-state index contributed by atoms with van der Waals surface area (Å²) in [5.74, 6) is -0.696. The zero-order valence-electron chi connectivity index (χ0n) is 19.9. The zero-order chi connectivity index (χ0) is 28.2. The number of hydrogen-bond donors (Lipinski definition) is 2. The van der Waals surface area contributed by atoms with Crippen molar-refractivity contribution in [2.75, 3.05) is 20.9 Å². The van der Waals surface area contributed by atoms with Crippen LogP contribution in [0.4, 0.5) is 17.1 Å². The molecule has 202 valence electrons. The SMILES string of the molecule is O=C(CN(c1cc(Cl)ccc1Cl)S(=O)(=O)c1ccccc1)Nc1ccc(S(=O)(=O)Nc2cccc(Cl)c2)cc1. The van der Waals surface area contributed by atoms with Gasteiger partial charge in [-0.15, -0.1) is 0 Å². The fourth-order valence-corrected chi connectivity index (χ4v) is 6.64. The summed E-state index contributed by atoms with van der Waals surface area (Å²) in [6.07, 6.45) is 0. The first-order valence-corrected chi connectivity index (χ1v) is 15.2. The summed E-state index contributed by atoms with van der Waals surface area (Å²) in [4.78, 5) is 12.9. The first-order valence-electron chi connectivity index (χ1n) is 11.2. The lowest BCUT2D eigenvalue weighted by Gasteiger charge is -2.25. The van der Waals surface area contributed by atoms with Crippen LogP contribution in [0.5, 0.6) is 0 Å². The van der Waals surface area contributed by atoms with Crippen molar-refractivity contribution in [2.24, 2.45) is 0 Å². The largest absolute Gasteiger partial charge is 0.325 e. The van der Waals surface area contributed by atoms with Gasteiger partial charge in [-0.25, -0.2) is 16.8 Å². The molecule has 0 atom stereocenters. The van der Waals surface area contributed by atoms with E-state index in [1.807, 2.05) is 0 Å². The Bertz CT molecular complexity index is 1720.